The quantitative estimate of drug-likeness (QED) is 0.136. The number of ether oxygens (including phenoxy) is 7. The number of hydrogen-bond acceptors (Lipinski definition) is 13. The lowest BCUT2D eigenvalue weighted by atomic mass is 9.84. The smallest absolute Gasteiger partial charge is 0.387 e. The molecule has 358 valence electrons. The SMILES string of the molecule is COc1cc(C(C)(C)C)c2op(O[C@H]3[C@@H](OC)O[C@@H]4CO[C@H]3[C@@H]4Op3oc4c(C(C)(C)C)cc(OC)cc4c4cc(OC)cc(C(C)(C)C)c4o3)oc3c(C(C)(C)C)cc(OC)cc3c2c1. The largest absolute Gasteiger partial charge is 0.497 e. The molecule has 8 rings (SSSR count). The Morgan fingerprint density at radius 1 is 0.439 bits per heavy atom. The molecular formula is C51H66O13P2. The Bertz CT molecular complexity index is 2700. The summed E-state index contributed by atoms with van der Waals surface area (Å²) in [5.41, 5.74) is 4.72. The van der Waals surface area contributed by atoms with Crippen molar-refractivity contribution in [1.82, 2.24) is 0 Å². The molecule has 0 radical (unpaired) electrons. The van der Waals surface area contributed by atoms with Crippen LogP contribution in [0.15, 0.2) is 65.3 Å². The molecule has 0 spiro atoms. The maximum absolute atomic E-state index is 7.06. The fourth-order valence-corrected chi connectivity index (χ4v) is 11.3. The molecule has 0 saturated carbocycles. The van der Waals surface area contributed by atoms with Crippen molar-refractivity contribution in [1.29, 1.82) is 0 Å². The Morgan fingerprint density at radius 3 is 1.02 bits per heavy atom. The van der Waals surface area contributed by atoms with E-state index in [0.717, 1.165) is 43.8 Å². The van der Waals surface area contributed by atoms with E-state index < -0.39 is 47.2 Å². The third-order valence-electron chi connectivity index (χ3n) is 12.4. The highest BCUT2D eigenvalue weighted by molar-refractivity contribution is 7.32. The van der Waals surface area contributed by atoms with Gasteiger partial charge in [0.05, 0.1) is 35.0 Å². The normalized spacial score (nSPS) is 20.3. The molecule has 13 nitrogen and oxygen atoms in total. The molecular weight excluding hydrogens is 882 g/mol. The predicted octanol–water partition coefficient (Wildman–Crippen LogP) is 13.2. The van der Waals surface area contributed by atoms with Gasteiger partial charge in [-0.2, -0.15) is 0 Å². The van der Waals surface area contributed by atoms with Crippen molar-refractivity contribution in [3.63, 3.8) is 0 Å². The molecule has 15 heteroatoms. The third kappa shape index (κ3) is 9.05. The highest BCUT2D eigenvalue weighted by atomic mass is 31.1. The second kappa shape index (κ2) is 17.6. The highest BCUT2D eigenvalue weighted by Crippen LogP contribution is 2.49. The van der Waals surface area contributed by atoms with E-state index in [1.807, 2.05) is 48.5 Å². The number of rotatable bonds is 9. The van der Waals surface area contributed by atoms with Crippen molar-refractivity contribution < 1.29 is 59.0 Å². The van der Waals surface area contributed by atoms with E-state index in [2.05, 4.69) is 83.1 Å². The summed E-state index contributed by atoms with van der Waals surface area (Å²) in [4.78, 5) is 0. The van der Waals surface area contributed by atoms with Crippen LogP contribution in [0, 0.1) is 0 Å². The van der Waals surface area contributed by atoms with Crippen LogP contribution in [0.5, 0.6) is 23.0 Å². The van der Waals surface area contributed by atoms with Crippen LogP contribution < -0.4 is 28.0 Å². The van der Waals surface area contributed by atoms with Gasteiger partial charge in [-0.25, -0.2) is 0 Å². The average molecular weight is 949 g/mol. The van der Waals surface area contributed by atoms with Gasteiger partial charge in [-0.1, -0.05) is 83.1 Å². The van der Waals surface area contributed by atoms with Crippen LogP contribution in [0.2, 0.25) is 0 Å². The first-order valence-electron chi connectivity index (χ1n) is 22.3. The molecule has 6 aromatic rings. The van der Waals surface area contributed by atoms with Gasteiger partial charge in [-0.05, 0) is 70.2 Å². The third-order valence-corrected chi connectivity index (χ3v) is 14.5. The first-order chi connectivity index (χ1) is 31.0. The summed E-state index contributed by atoms with van der Waals surface area (Å²) in [7, 11) is 3.88. The van der Waals surface area contributed by atoms with Gasteiger partial charge in [0.25, 0.3) is 0 Å². The summed E-state index contributed by atoms with van der Waals surface area (Å²) in [6.45, 7) is 25.9. The minimum Gasteiger partial charge on any atom is -0.497 e. The van der Waals surface area contributed by atoms with Crippen molar-refractivity contribution in [2.45, 2.75) is 135 Å². The van der Waals surface area contributed by atoms with E-state index >= 15 is 0 Å². The first-order valence-corrected chi connectivity index (χ1v) is 24.5. The zero-order chi connectivity index (χ0) is 47.8. The van der Waals surface area contributed by atoms with E-state index in [1.165, 1.54) is 0 Å². The van der Waals surface area contributed by atoms with E-state index in [4.69, 9.17) is 59.0 Å². The molecule has 4 aromatic carbocycles. The average Bonchev–Trinajstić information content (AvgIpc) is 3.35. The molecule has 2 fully saturated rings. The Labute approximate surface area is 389 Å². The van der Waals surface area contributed by atoms with Gasteiger partial charge in [0.2, 0.25) is 0 Å². The lowest BCUT2D eigenvalue weighted by Crippen LogP contribution is -2.57. The maximum Gasteiger partial charge on any atom is 0.387 e. The molecule has 2 aliphatic heterocycles. The van der Waals surface area contributed by atoms with Gasteiger partial charge in [-0.3, -0.25) is 9.05 Å². The topological polar surface area (TPSA) is 136 Å². The molecule has 5 atom stereocenters. The minimum atomic E-state index is -2.21. The van der Waals surface area contributed by atoms with E-state index in [9.17, 15) is 0 Å². The van der Waals surface area contributed by atoms with E-state index in [1.54, 1.807) is 35.5 Å². The Morgan fingerprint density at radius 2 is 0.742 bits per heavy atom. The molecule has 4 heterocycles. The van der Waals surface area contributed by atoms with Crippen LogP contribution in [-0.2, 0) is 35.9 Å². The number of methoxy groups -OCH3 is 5. The minimum absolute atomic E-state index is 0.216. The lowest BCUT2D eigenvalue weighted by Gasteiger charge is -2.37. The summed E-state index contributed by atoms with van der Waals surface area (Å²) in [5.74, 6) is 2.75. The van der Waals surface area contributed by atoms with Crippen LogP contribution in [0.3, 0.4) is 0 Å². The van der Waals surface area contributed by atoms with Crippen LogP contribution in [0.4, 0.5) is 0 Å². The summed E-state index contributed by atoms with van der Waals surface area (Å²) in [6, 6.07) is 15.9. The molecule has 0 unspecified atom stereocenters. The van der Waals surface area contributed by atoms with Crippen LogP contribution >= 0.6 is 16.5 Å². The van der Waals surface area contributed by atoms with Gasteiger partial charge in [0, 0.05) is 50.9 Å². The number of fused-ring (bicyclic) bond motifs is 8. The van der Waals surface area contributed by atoms with Gasteiger partial charge in [0.15, 0.2) is 12.4 Å². The Balaban J connectivity index is 1.33. The van der Waals surface area contributed by atoms with Crippen molar-refractivity contribution in [3.05, 3.63) is 70.8 Å². The second-order valence-corrected chi connectivity index (χ2v) is 23.3. The van der Waals surface area contributed by atoms with Gasteiger partial charge >= 0.3 is 16.5 Å². The van der Waals surface area contributed by atoms with Crippen LogP contribution in [-0.4, -0.2) is 72.9 Å². The molecule has 2 aliphatic rings. The first kappa shape index (κ1) is 48.1. The van der Waals surface area contributed by atoms with Gasteiger partial charge in [0.1, 0.15) is 63.6 Å². The zero-order valence-corrected chi connectivity index (χ0v) is 43.2. The summed E-state index contributed by atoms with van der Waals surface area (Å²) >= 11 is 0. The molecule has 2 aromatic heterocycles. The van der Waals surface area contributed by atoms with Gasteiger partial charge < -0.3 is 49.9 Å². The molecule has 2 saturated heterocycles. The van der Waals surface area contributed by atoms with E-state index in [-0.39, 0.29) is 28.3 Å². The maximum atomic E-state index is 7.06. The monoisotopic (exact) mass is 948 g/mol. The van der Waals surface area contributed by atoms with Crippen LogP contribution in [0.25, 0.3) is 43.9 Å². The Hall–Kier alpha value is -4.32. The fourth-order valence-electron chi connectivity index (χ4n) is 8.76. The molecule has 0 N–H and O–H groups in total. The van der Waals surface area contributed by atoms with Gasteiger partial charge in [-0.15, -0.1) is 0 Å². The molecule has 0 aliphatic carbocycles. The second-order valence-electron chi connectivity index (χ2n) is 21.2. The van der Waals surface area contributed by atoms with Crippen molar-refractivity contribution in [2.75, 3.05) is 42.2 Å². The molecule has 2 bridgehead atoms. The standard InChI is InChI=1S/C51H66O13P2/c1-48(2,3)35-22-27(52-13)18-31-32-19-28(53-14)23-36(49(4,5)6)41(32)60-65(59-40(31)35)63-44-39-26-57-45(44)46(47(56-17)58-39)64-66-61-42-33(20-29(54-15)24-37(42)50(7,8)9)34-21-30(55-16)25-38(43(34)62-66)51(10,11)12/h18-25,39,44-47H,26H2,1-17H3/t39-,44-,45+,46-,47+/m1/s1. The number of hydrogen-bond donors (Lipinski definition) is 0. The van der Waals surface area contributed by atoms with Crippen molar-refractivity contribution in [3.8, 4) is 23.0 Å². The molecule has 66 heavy (non-hydrogen) atoms. The summed E-state index contributed by atoms with van der Waals surface area (Å²) < 4.78 is 84.8. The van der Waals surface area contributed by atoms with Crippen molar-refractivity contribution >= 4 is 60.4 Å². The zero-order valence-electron chi connectivity index (χ0n) is 41.4. The summed E-state index contributed by atoms with van der Waals surface area (Å²) in [6.07, 6.45) is -3.71. The van der Waals surface area contributed by atoms with Crippen LogP contribution in [0.1, 0.15) is 105 Å². The van der Waals surface area contributed by atoms with E-state index in [0.29, 0.717) is 45.3 Å². The number of benzene rings is 4. The van der Waals surface area contributed by atoms with Crippen molar-refractivity contribution in [2.24, 2.45) is 0 Å². The summed E-state index contributed by atoms with van der Waals surface area (Å²) in [5, 5.41) is 3.19. The highest BCUT2D eigenvalue weighted by Gasteiger charge is 2.55. The molecule has 0 amide bonds. The predicted molar refractivity (Wildman–Crippen MR) is 260 cm³/mol. The lowest BCUT2D eigenvalue weighted by molar-refractivity contribution is -0.232. The fraction of sp³-hybridized carbons (Fsp3) is 0.529. The Kier molecular flexibility index (Phi) is 12.9.